The quantitative estimate of drug-likeness (QED) is 0.887. The number of rotatable bonds is 4. The first-order valence-corrected chi connectivity index (χ1v) is 6.67. The van der Waals surface area contributed by atoms with Crippen LogP contribution in [0.4, 0.5) is 0 Å². The lowest BCUT2D eigenvalue weighted by atomic mass is 10.0. The number of methoxy groups -OCH3 is 1. The first-order valence-electron chi connectivity index (χ1n) is 6.67. The van der Waals surface area contributed by atoms with Crippen LogP contribution in [0.3, 0.4) is 0 Å². The number of benzene rings is 1. The van der Waals surface area contributed by atoms with Gasteiger partial charge in [-0.15, -0.1) is 0 Å². The van der Waals surface area contributed by atoms with Crippen LogP contribution >= 0.6 is 0 Å². The van der Waals surface area contributed by atoms with Gasteiger partial charge in [0, 0.05) is 13.1 Å². The van der Waals surface area contributed by atoms with Gasteiger partial charge < -0.3 is 14.8 Å². The molecular formula is C15H23NO2. The Morgan fingerprint density at radius 3 is 2.61 bits per heavy atom. The van der Waals surface area contributed by atoms with Gasteiger partial charge in [0.15, 0.2) is 0 Å². The lowest BCUT2D eigenvalue weighted by molar-refractivity contribution is 0.0238. The summed E-state index contributed by atoms with van der Waals surface area (Å²) in [5, 5.41) is 3.37. The minimum Gasteiger partial charge on any atom is -0.496 e. The maximum Gasteiger partial charge on any atom is 0.124 e. The Balaban J connectivity index is 1.96. The molecule has 1 atom stereocenters. The van der Waals surface area contributed by atoms with Crippen LogP contribution in [0.25, 0.3) is 0 Å². The van der Waals surface area contributed by atoms with E-state index in [-0.39, 0.29) is 0 Å². The van der Waals surface area contributed by atoms with E-state index in [9.17, 15) is 0 Å². The smallest absolute Gasteiger partial charge is 0.124 e. The standard InChI is InChI=1S/C15H23NO2/c1-11-8-13(9-12(2)15(11)17-3)4-5-14-10-16-6-7-18-14/h8-9,14,16H,4-7,10H2,1-3H3. The summed E-state index contributed by atoms with van der Waals surface area (Å²) in [6.07, 6.45) is 2.51. The highest BCUT2D eigenvalue weighted by atomic mass is 16.5. The van der Waals surface area contributed by atoms with Crippen molar-refractivity contribution < 1.29 is 9.47 Å². The zero-order valence-electron chi connectivity index (χ0n) is 11.6. The first-order chi connectivity index (χ1) is 8.70. The number of morpholine rings is 1. The molecule has 1 aromatic carbocycles. The van der Waals surface area contributed by atoms with E-state index in [0.717, 1.165) is 38.3 Å². The van der Waals surface area contributed by atoms with E-state index >= 15 is 0 Å². The Bertz CT molecular complexity index is 374. The molecule has 1 N–H and O–H groups in total. The highest BCUT2D eigenvalue weighted by molar-refractivity contribution is 5.43. The SMILES string of the molecule is COc1c(C)cc(CCC2CNCCO2)cc1C. The Morgan fingerprint density at radius 2 is 2.06 bits per heavy atom. The van der Waals surface area contributed by atoms with Crippen molar-refractivity contribution in [3.8, 4) is 5.75 Å². The van der Waals surface area contributed by atoms with Gasteiger partial charge in [0.05, 0.1) is 19.8 Å². The molecule has 0 saturated carbocycles. The predicted molar refractivity (Wildman–Crippen MR) is 73.4 cm³/mol. The molecule has 0 amide bonds. The van der Waals surface area contributed by atoms with E-state index < -0.39 is 0 Å². The maximum absolute atomic E-state index is 5.72. The van der Waals surface area contributed by atoms with Gasteiger partial charge in [-0.2, -0.15) is 0 Å². The molecule has 3 heteroatoms. The van der Waals surface area contributed by atoms with Crippen LogP contribution in [0.1, 0.15) is 23.1 Å². The normalized spacial score (nSPS) is 19.8. The van der Waals surface area contributed by atoms with Crippen molar-refractivity contribution in [2.45, 2.75) is 32.8 Å². The summed E-state index contributed by atoms with van der Waals surface area (Å²) in [7, 11) is 1.73. The van der Waals surface area contributed by atoms with E-state index in [0.29, 0.717) is 6.10 Å². The third kappa shape index (κ3) is 3.24. The van der Waals surface area contributed by atoms with Crippen LogP contribution in [0.2, 0.25) is 0 Å². The molecule has 1 aliphatic rings. The largest absolute Gasteiger partial charge is 0.496 e. The van der Waals surface area contributed by atoms with Gasteiger partial charge in [0.2, 0.25) is 0 Å². The Hall–Kier alpha value is -1.06. The zero-order chi connectivity index (χ0) is 13.0. The fraction of sp³-hybridized carbons (Fsp3) is 0.600. The third-order valence-electron chi connectivity index (χ3n) is 3.48. The highest BCUT2D eigenvalue weighted by Crippen LogP contribution is 2.25. The van der Waals surface area contributed by atoms with E-state index in [4.69, 9.17) is 9.47 Å². The number of hydrogen-bond donors (Lipinski definition) is 1. The lowest BCUT2D eigenvalue weighted by Crippen LogP contribution is -2.38. The van der Waals surface area contributed by atoms with Crippen LogP contribution in [0.15, 0.2) is 12.1 Å². The molecule has 1 fully saturated rings. The van der Waals surface area contributed by atoms with Gasteiger partial charge in [-0.25, -0.2) is 0 Å². The van der Waals surface area contributed by atoms with Gasteiger partial charge in [0.1, 0.15) is 5.75 Å². The minimum absolute atomic E-state index is 0.362. The average molecular weight is 249 g/mol. The lowest BCUT2D eigenvalue weighted by Gasteiger charge is -2.23. The Kier molecular flexibility index (Phi) is 4.61. The summed E-state index contributed by atoms with van der Waals surface area (Å²) in [4.78, 5) is 0. The van der Waals surface area contributed by atoms with E-state index in [1.54, 1.807) is 7.11 Å². The molecule has 1 unspecified atom stereocenters. The summed E-state index contributed by atoms with van der Waals surface area (Å²) >= 11 is 0. The molecule has 2 rings (SSSR count). The molecule has 1 saturated heterocycles. The molecule has 0 aliphatic carbocycles. The number of ether oxygens (including phenoxy) is 2. The molecule has 18 heavy (non-hydrogen) atoms. The fourth-order valence-corrected chi connectivity index (χ4v) is 2.64. The summed E-state index contributed by atoms with van der Waals surface area (Å²) in [6.45, 7) is 7.01. The van der Waals surface area contributed by atoms with Crippen LogP contribution in [-0.4, -0.2) is 32.9 Å². The van der Waals surface area contributed by atoms with Gasteiger partial charge in [-0.3, -0.25) is 0 Å². The van der Waals surface area contributed by atoms with Crippen molar-refractivity contribution in [2.24, 2.45) is 0 Å². The molecular weight excluding hydrogens is 226 g/mol. The summed E-state index contributed by atoms with van der Waals surface area (Å²) in [5.41, 5.74) is 3.81. The minimum atomic E-state index is 0.362. The average Bonchev–Trinajstić information content (AvgIpc) is 2.37. The van der Waals surface area contributed by atoms with Crippen LogP contribution in [0, 0.1) is 13.8 Å². The molecule has 1 aromatic rings. The molecule has 0 spiro atoms. The fourth-order valence-electron chi connectivity index (χ4n) is 2.64. The molecule has 3 nitrogen and oxygen atoms in total. The predicted octanol–water partition coefficient (Wildman–Crippen LogP) is 2.23. The third-order valence-corrected chi connectivity index (χ3v) is 3.48. The van der Waals surface area contributed by atoms with Crippen molar-refractivity contribution in [3.63, 3.8) is 0 Å². The number of hydrogen-bond acceptors (Lipinski definition) is 3. The van der Waals surface area contributed by atoms with E-state index in [2.05, 4.69) is 31.3 Å². The topological polar surface area (TPSA) is 30.5 Å². The molecule has 0 radical (unpaired) electrons. The van der Waals surface area contributed by atoms with Crippen molar-refractivity contribution in [1.29, 1.82) is 0 Å². The van der Waals surface area contributed by atoms with Crippen molar-refractivity contribution in [1.82, 2.24) is 5.32 Å². The van der Waals surface area contributed by atoms with E-state index in [1.165, 1.54) is 16.7 Å². The van der Waals surface area contributed by atoms with Gasteiger partial charge >= 0.3 is 0 Å². The van der Waals surface area contributed by atoms with Gasteiger partial charge in [-0.05, 0) is 43.4 Å². The summed E-state index contributed by atoms with van der Waals surface area (Å²) in [5.74, 6) is 1.01. The molecule has 1 heterocycles. The van der Waals surface area contributed by atoms with Crippen molar-refractivity contribution >= 4 is 0 Å². The second-order valence-electron chi connectivity index (χ2n) is 5.00. The second-order valence-corrected chi connectivity index (χ2v) is 5.00. The first kappa shape index (κ1) is 13.4. The monoisotopic (exact) mass is 249 g/mol. The summed E-state index contributed by atoms with van der Waals surface area (Å²) < 4.78 is 11.1. The maximum atomic E-state index is 5.72. The van der Waals surface area contributed by atoms with E-state index in [1.807, 2.05) is 0 Å². The van der Waals surface area contributed by atoms with Crippen molar-refractivity contribution in [2.75, 3.05) is 26.8 Å². The number of nitrogens with one attached hydrogen (secondary N) is 1. The van der Waals surface area contributed by atoms with Crippen LogP contribution < -0.4 is 10.1 Å². The van der Waals surface area contributed by atoms with Crippen molar-refractivity contribution in [3.05, 3.63) is 28.8 Å². The molecule has 0 aromatic heterocycles. The molecule has 1 aliphatic heterocycles. The van der Waals surface area contributed by atoms with Crippen LogP contribution in [-0.2, 0) is 11.2 Å². The Morgan fingerprint density at radius 1 is 1.33 bits per heavy atom. The molecule has 0 bridgehead atoms. The highest BCUT2D eigenvalue weighted by Gasteiger charge is 2.13. The van der Waals surface area contributed by atoms with Gasteiger partial charge in [-0.1, -0.05) is 12.1 Å². The van der Waals surface area contributed by atoms with Crippen LogP contribution in [0.5, 0.6) is 5.75 Å². The number of aryl methyl sites for hydroxylation is 3. The summed E-state index contributed by atoms with van der Waals surface area (Å²) in [6, 6.07) is 4.45. The van der Waals surface area contributed by atoms with Gasteiger partial charge in [0.25, 0.3) is 0 Å². The Labute approximate surface area is 109 Å². The molecule has 100 valence electrons. The second kappa shape index (κ2) is 6.21. The zero-order valence-corrected chi connectivity index (χ0v) is 11.6.